The smallest absolute Gasteiger partial charge is 0.276 e. The Balaban J connectivity index is 2.75. The summed E-state index contributed by atoms with van der Waals surface area (Å²) in [5.41, 5.74) is 4.94. The number of nitrogens with zero attached hydrogens (tertiary/aromatic N) is 1. The molecule has 0 atom stereocenters. The van der Waals surface area contributed by atoms with Crippen LogP contribution in [0.15, 0.2) is 22.8 Å². The molecule has 0 aromatic carbocycles. The maximum Gasteiger partial charge on any atom is 0.276 e. The molecular formula is C7H6BrN3OS. The van der Waals surface area contributed by atoms with Crippen LogP contribution in [0.4, 0.5) is 5.82 Å². The molecule has 0 aliphatic rings. The van der Waals surface area contributed by atoms with Gasteiger partial charge in [-0.05, 0) is 28.1 Å². The van der Waals surface area contributed by atoms with Crippen LogP contribution < -0.4 is 11.1 Å². The molecule has 13 heavy (non-hydrogen) atoms. The molecule has 1 rings (SSSR count). The van der Waals surface area contributed by atoms with Gasteiger partial charge < -0.3 is 11.1 Å². The third-order valence-electron chi connectivity index (χ3n) is 1.18. The Kier molecular flexibility index (Phi) is 3.32. The molecule has 0 bridgehead atoms. The topological polar surface area (TPSA) is 68.0 Å². The highest BCUT2D eigenvalue weighted by atomic mass is 79.9. The van der Waals surface area contributed by atoms with Crippen molar-refractivity contribution in [2.24, 2.45) is 5.73 Å². The molecule has 1 heterocycles. The summed E-state index contributed by atoms with van der Waals surface area (Å²) in [6.45, 7) is 0. The first-order valence-electron chi connectivity index (χ1n) is 3.33. The Hall–Kier alpha value is -1.01. The highest BCUT2D eigenvalue weighted by Crippen LogP contribution is 2.09. The minimum Gasteiger partial charge on any atom is -0.364 e. The number of pyridine rings is 1. The molecule has 0 fully saturated rings. The van der Waals surface area contributed by atoms with Crippen LogP contribution in [0.2, 0.25) is 0 Å². The minimum atomic E-state index is -0.670. The summed E-state index contributed by atoms with van der Waals surface area (Å²) >= 11 is 7.84. The fourth-order valence-electron chi connectivity index (χ4n) is 0.656. The Bertz CT molecular complexity index is 355. The van der Waals surface area contributed by atoms with E-state index >= 15 is 0 Å². The van der Waals surface area contributed by atoms with Crippen LogP contribution >= 0.6 is 28.1 Å². The lowest BCUT2D eigenvalue weighted by molar-refractivity contribution is -0.111. The van der Waals surface area contributed by atoms with Crippen LogP contribution in [0.25, 0.3) is 0 Å². The number of nitrogens with one attached hydrogen (secondary N) is 1. The van der Waals surface area contributed by atoms with E-state index in [2.05, 4.69) is 38.4 Å². The highest BCUT2D eigenvalue weighted by Gasteiger charge is 2.04. The van der Waals surface area contributed by atoms with Gasteiger partial charge in [0.15, 0.2) is 4.99 Å². The van der Waals surface area contributed by atoms with Crippen LogP contribution in [0.5, 0.6) is 0 Å². The summed E-state index contributed by atoms with van der Waals surface area (Å²) in [6.07, 6.45) is 0. The summed E-state index contributed by atoms with van der Waals surface area (Å²) in [5.74, 6) is -0.185. The zero-order valence-corrected chi connectivity index (χ0v) is 8.85. The van der Waals surface area contributed by atoms with E-state index < -0.39 is 5.91 Å². The Morgan fingerprint density at radius 1 is 1.62 bits per heavy atom. The van der Waals surface area contributed by atoms with Gasteiger partial charge in [-0.1, -0.05) is 18.3 Å². The fraction of sp³-hybridized carbons (Fsp3) is 0. The predicted octanol–water partition coefficient (Wildman–Crippen LogP) is 1.07. The van der Waals surface area contributed by atoms with Crippen molar-refractivity contribution in [2.45, 2.75) is 0 Å². The molecule has 0 spiro atoms. The molecule has 68 valence electrons. The number of aromatic nitrogens is 1. The van der Waals surface area contributed by atoms with Crippen LogP contribution in [-0.2, 0) is 4.79 Å². The van der Waals surface area contributed by atoms with Crippen molar-refractivity contribution >= 4 is 44.9 Å². The second-order valence-electron chi connectivity index (χ2n) is 2.16. The molecule has 0 saturated heterocycles. The van der Waals surface area contributed by atoms with Crippen molar-refractivity contribution < 1.29 is 4.79 Å². The van der Waals surface area contributed by atoms with Gasteiger partial charge in [-0.3, -0.25) is 4.79 Å². The van der Waals surface area contributed by atoms with E-state index in [0.717, 1.165) is 0 Å². The lowest BCUT2D eigenvalue weighted by atomic mass is 10.4. The molecule has 1 aromatic heterocycles. The number of carbonyl (C=O) groups excluding carboxylic acids is 1. The average Bonchev–Trinajstić information content (AvgIpc) is 2.04. The Morgan fingerprint density at radius 2 is 2.31 bits per heavy atom. The summed E-state index contributed by atoms with van der Waals surface area (Å²) in [4.78, 5) is 14.5. The molecular weight excluding hydrogens is 254 g/mol. The number of carbonyl (C=O) groups is 1. The first-order valence-corrected chi connectivity index (χ1v) is 4.53. The average molecular weight is 260 g/mol. The molecule has 0 unspecified atom stereocenters. The zero-order chi connectivity index (χ0) is 9.84. The quantitative estimate of drug-likeness (QED) is 0.585. The standard InChI is InChI=1S/C7H6BrN3OS/c8-4-2-1-3-5(10-4)11-7(13)6(9)12/h1-3H,(H2,9,12)(H,10,11,13). The maximum absolute atomic E-state index is 10.6. The number of hydrogen-bond donors (Lipinski definition) is 2. The van der Waals surface area contributed by atoms with Gasteiger partial charge >= 0.3 is 0 Å². The van der Waals surface area contributed by atoms with Gasteiger partial charge in [0.05, 0.1) is 0 Å². The number of anilines is 1. The van der Waals surface area contributed by atoms with E-state index in [1.807, 2.05) is 0 Å². The molecule has 0 saturated carbocycles. The summed E-state index contributed by atoms with van der Waals surface area (Å²) in [6, 6.07) is 5.21. The third kappa shape index (κ3) is 3.08. The van der Waals surface area contributed by atoms with Crippen molar-refractivity contribution in [3.63, 3.8) is 0 Å². The zero-order valence-electron chi connectivity index (χ0n) is 6.45. The van der Waals surface area contributed by atoms with Gasteiger partial charge in [0.2, 0.25) is 0 Å². The summed E-state index contributed by atoms with van der Waals surface area (Å²) in [5, 5.41) is 2.60. The van der Waals surface area contributed by atoms with E-state index in [0.29, 0.717) is 10.4 Å². The fourth-order valence-corrected chi connectivity index (χ4v) is 1.10. The molecule has 4 nitrogen and oxygen atoms in total. The van der Waals surface area contributed by atoms with Gasteiger partial charge in [-0.15, -0.1) is 0 Å². The van der Waals surface area contributed by atoms with Crippen molar-refractivity contribution in [1.29, 1.82) is 0 Å². The maximum atomic E-state index is 10.6. The van der Waals surface area contributed by atoms with Gasteiger partial charge in [-0.25, -0.2) is 4.98 Å². The number of rotatable bonds is 1. The number of halogens is 1. The van der Waals surface area contributed by atoms with E-state index in [9.17, 15) is 4.79 Å². The number of primary amides is 1. The molecule has 0 aliphatic carbocycles. The minimum absolute atomic E-state index is 0.0504. The Morgan fingerprint density at radius 3 is 2.85 bits per heavy atom. The SMILES string of the molecule is NC(=O)C(=S)Nc1cccc(Br)n1. The normalized spacial score (nSPS) is 9.31. The summed E-state index contributed by atoms with van der Waals surface area (Å²) < 4.78 is 0.657. The van der Waals surface area contributed by atoms with Crippen molar-refractivity contribution in [3.8, 4) is 0 Å². The molecule has 3 N–H and O–H groups in total. The predicted molar refractivity (Wildman–Crippen MR) is 57.4 cm³/mol. The number of hydrogen-bond acceptors (Lipinski definition) is 3. The largest absolute Gasteiger partial charge is 0.364 e. The van der Waals surface area contributed by atoms with Crippen LogP contribution in [-0.4, -0.2) is 15.9 Å². The second kappa shape index (κ2) is 4.29. The molecule has 1 amide bonds. The van der Waals surface area contributed by atoms with E-state index in [1.165, 1.54) is 0 Å². The lowest BCUT2D eigenvalue weighted by Gasteiger charge is -2.02. The number of amides is 1. The highest BCUT2D eigenvalue weighted by molar-refractivity contribution is 9.10. The molecule has 6 heteroatoms. The molecule has 0 aliphatic heterocycles. The van der Waals surface area contributed by atoms with Gasteiger partial charge in [0.25, 0.3) is 5.91 Å². The van der Waals surface area contributed by atoms with Gasteiger partial charge in [-0.2, -0.15) is 0 Å². The second-order valence-corrected chi connectivity index (χ2v) is 3.38. The first kappa shape index (κ1) is 10.1. The summed E-state index contributed by atoms with van der Waals surface area (Å²) in [7, 11) is 0. The monoisotopic (exact) mass is 259 g/mol. The van der Waals surface area contributed by atoms with E-state index in [4.69, 9.17) is 5.73 Å². The van der Waals surface area contributed by atoms with Crippen molar-refractivity contribution in [3.05, 3.63) is 22.8 Å². The molecule has 0 radical (unpaired) electrons. The van der Waals surface area contributed by atoms with E-state index in [1.54, 1.807) is 18.2 Å². The van der Waals surface area contributed by atoms with Crippen LogP contribution in [0.1, 0.15) is 0 Å². The van der Waals surface area contributed by atoms with E-state index in [-0.39, 0.29) is 4.99 Å². The van der Waals surface area contributed by atoms with Gasteiger partial charge in [0.1, 0.15) is 10.4 Å². The van der Waals surface area contributed by atoms with Gasteiger partial charge in [0, 0.05) is 0 Å². The van der Waals surface area contributed by atoms with Crippen molar-refractivity contribution in [2.75, 3.05) is 5.32 Å². The third-order valence-corrected chi connectivity index (χ3v) is 1.93. The number of nitrogens with two attached hydrogens (primary N) is 1. The van der Waals surface area contributed by atoms with Crippen LogP contribution in [0.3, 0.4) is 0 Å². The van der Waals surface area contributed by atoms with Crippen LogP contribution in [0, 0.1) is 0 Å². The van der Waals surface area contributed by atoms with Crippen molar-refractivity contribution in [1.82, 2.24) is 4.98 Å². The molecule has 1 aromatic rings. The number of thiocarbonyl (C=S) groups is 1. The lowest BCUT2D eigenvalue weighted by Crippen LogP contribution is -2.28. The first-order chi connectivity index (χ1) is 6.09. The Labute approximate surface area is 88.7 Å².